The largest absolute Gasteiger partial charge is 0.492 e. The molecule has 5 heteroatoms. The maximum atomic E-state index is 12.5. The van der Waals surface area contributed by atoms with Crippen LogP contribution in [-0.4, -0.2) is 24.5 Å². The lowest BCUT2D eigenvalue weighted by Gasteiger charge is -2.13. The number of para-hydroxylation sites is 2. The van der Waals surface area contributed by atoms with Gasteiger partial charge in [-0.3, -0.25) is 9.59 Å². The van der Waals surface area contributed by atoms with E-state index in [1.54, 1.807) is 30.3 Å². The molecule has 2 amide bonds. The first-order valence-electron chi connectivity index (χ1n) is 9.11. The lowest BCUT2D eigenvalue weighted by molar-refractivity contribution is 0.0936. The number of carbonyl (C=O) groups is 2. The Morgan fingerprint density at radius 1 is 0.962 bits per heavy atom. The fraction of sp³-hybridized carbons (Fsp3) is 0.333. The number of hydrogen-bond acceptors (Lipinski definition) is 3. The lowest BCUT2D eigenvalue weighted by Crippen LogP contribution is -2.32. The zero-order chi connectivity index (χ0) is 18.4. The predicted molar refractivity (Wildman–Crippen MR) is 102 cm³/mol. The fourth-order valence-corrected chi connectivity index (χ4v) is 3.16. The van der Waals surface area contributed by atoms with Gasteiger partial charge in [0.25, 0.3) is 11.8 Å². The Morgan fingerprint density at radius 3 is 2.23 bits per heavy atom. The van der Waals surface area contributed by atoms with Crippen molar-refractivity contribution in [1.29, 1.82) is 0 Å². The smallest absolute Gasteiger partial charge is 0.255 e. The summed E-state index contributed by atoms with van der Waals surface area (Å²) in [7, 11) is 0. The minimum absolute atomic E-state index is 0.0782. The average molecular weight is 352 g/mol. The molecule has 3 rings (SSSR count). The molecule has 0 aliphatic heterocycles. The fourth-order valence-electron chi connectivity index (χ4n) is 3.16. The lowest BCUT2D eigenvalue weighted by atomic mass is 10.1. The molecule has 0 unspecified atom stereocenters. The van der Waals surface area contributed by atoms with Crippen molar-refractivity contribution in [2.24, 2.45) is 0 Å². The van der Waals surface area contributed by atoms with Gasteiger partial charge in [-0.25, -0.2) is 0 Å². The molecule has 0 aromatic heterocycles. The van der Waals surface area contributed by atoms with Crippen LogP contribution in [0.3, 0.4) is 0 Å². The predicted octanol–water partition coefficient (Wildman–Crippen LogP) is 4.01. The van der Waals surface area contributed by atoms with E-state index in [9.17, 15) is 9.59 Å². The van der Waals surface area contributed by atoms with Crippen molar-refractivity contribution in [2.75, 3.05) is 11.9 Å². The van der Waals surface area contributed by atoms with E-state index >= 15 is 0 Å². The van der Waals surface area contributed by atoms with Crippen LogP contribution < -0.4 is 15.4 Å². The molecular formula is C21H24N2O3. The van der Waals surface area contributed by atoms with Gasteiger partial charge in [0.2, 0.25) is 0 Å². The van der Waals surface area contributed by atoms with Gasteiger partial charge in [-0.05, 0) is 56.2 Å². The Kier molecular flexibility index (Phi) is 5.89. The van der Waals surface area contributed by atoms with E-state index in [4.69, 9.17) is 4.74 Å². The summed E-state index contributed by atoms with van der Waals surface area (Å²) in [5.41, 5.74) is 1.69. The highest BCUT2D eigenvalue weighted by molar-refractivity contribution is 6.05. The molecule has 2 N–H and O–H groups in total. The van der Waals surface area contributed by atoms with Crippen molar-refractivity contribution < 1.29 is 14.3 Å². The number of rotatable bonds is 6. The van der Waals surface area contributed by atoms with Gasteiger partial charge in [-0.1, -0.05) is 25.0 Å². The molecule has 2 aromatic rings. The molecule has 1 aliphatic carbocycles. The van der Waals surface area contributed by atoms with Gasteiger partial charge >= 0.3 is 0 Å². The normalized spacial score (nSPS) is 14.0. The highest BCUT2D eigenvalue weighted by Crippen LogP contribution is 2.24. The highest BCUT2D eigenvalue weighted by atomic mass is 16.5. The molecule has 1 saturated carbocycles. The van der Waals surface area contributed by atoms with Gasteiger partial charge in [-0.15, -0.1) is 0 Å². The third kappa shape index (κ3) is 4.42. The molecule has 1 aliphatic rings. The maximum Gasteiger partial charge on any atom is 0.255 e. The minimum atomic E-state index is -0.236. The summed E-state index contributed by atoms with van der Waals surface area (Å²) >= 11 is 0. The topological polar surface area (TPSA) is 67.4 Å². The molecule has 0 saturated heterocycles. The third-order valence-electron chi connectivity index (χ3n) is 4.53. The summed E-state index contributed by atoms with van der Waals surface area (Å²) in [6.45, 7) is 2.42. The molecule has 0 radical (unpaired) electrons. The van der Waals surface area contributed by atoms with Crippen LogP contribution in [0.15, 0.2) is 48.5 Å². The SMILES string of the molecule is CCOc1ccccc1NC(=O)c1ccc(C(=O)NC2CCCC2)cc1. The van der Waals surface area contributed by atoms with Crippen molar-refractivity contribution in [2.45, 2.75) is 38.6 Å². The third-order valence-corrected chi connectivity index (χ3v) is 4.53. The van der Waals surface area contributed by atoms with Crippen LogP contribution >= 0.6 is 0 Å². The van der Waals surface area contributed by atoms with E-state index in [0.29, 0.717) is 29.2 Å². The van der Waals surface area contributed by atoms with Crippen molar-refractivity contribution in [3.63, 3.8) is 0 Å². The zero-order valence-electron chi connectivity index (χ0n) is 15.0. The molecule has 0 heterocycles. The van der Waals surface area contributed by atoms with Crippen molar-refractivity contribution in [3.05, 3.63) is 59.7 Å². The number of hydrogen-bond donors (Lipinski definition) is 2. The summed E-state index contributed by atoms with van der Waals surface area (Å²) < 4.78 is 5.52. The van der Waals surface area contributed by atoms with Gasteiger partial charge in [-0.2, -0.15) is 0 Å². The summed E-state index contributed by atoms with van der Waals surface area (Å²) in [6, 6.07) is 14.3. The van der Waals surface area contributed by atoms with Gasteiger partial charge in [0.15, 0.2) is 0 Å². The molecule has 0 bridgehead atoms. The molecule has 0 atom stereocenters. The first kappa shape index (κ1) is 18.0. The van der Waals surface area contributed by atoms with E-state index in [1.165, 1.54) is 12.8 Å². The monoisotopic (exact) mass is 352 g/mol. The Balaban J connectivity index is 1.64. The number of carbonyl (C=O) groups excluding carboxylic acids is 2. The van der Waals surface area contributed by atoms with Crippen LogP contribution in [0.25, 0.3) is 0 Å². The first-order chi connectivity index (χ1) is 12.7. The van der Waals surface area contributed by atoms with Gasteiger partial charge in [0.05, 0.1) is 12.3 Å². The molecule has 26 heavy (non-hydrogen) atoms. The molecule has 1 fully saturated rings. The van der Waals surface area contributed by atoms with Crippen LogP contribution in [0.4, 0.5) is 5.69 Å². The Labute approximate surface area is 153 Å². The Hall–Kier alpha value is -2.82. The van der Waals surface area contributed by atoms with E-state index in [0.717, 1.165) is 12.8 Å². The maximum absolute atomic E-state index is 12.5. The van der Waals surface area contributed by atoms with E-state index in [2.05, 4.69) is 10.6 Å². The van der Waals surface area contributed by atoms with Gasteiger partial charge < -0.3 is 15.4 Å². The standard InChI is InChI=1S/C21H24N2O3/c1-2-26-19-10-6-5-9-18(19)23-21(25)16-13-11-15(12-14-16)20(24)22-17-7-3-4-8-17/h5-6,9-14,17H,2-4,7-8H2,1H3,(H,22,24)(H,23,25). The molecule has 0 spiro atoms. The molecule has 136 valence electrons. The van der Waals surface area contributed by atoms with Crippen LogP contribution in [0.5, 0.6) is 5.75 Å². The molecule has 5 nitrogen and oxygen atoms in total. The summed E-state index contributed by atoms with van der Waals surface area (Å²) in [5.74, 6) is 0.321. The molecule has 2 aromatic carbocycles. The number of benzene rings is 2. The Morgan fingerprint density at radius 2 is 1.58 bits per heavy atom. The number of amides is 2. The first-order valence-corrected chi connectivity index (χ1v) is 9.11. The quantitative estimate of drug-likeness (QED) is 0.825. The highest BCUT2D eigenvalue weighted by Gasteiger charge is 2.18. The number of anilines is 1. The summed E-state index contributed by atoms with van der Waals surface area (Å²) in [6.07, 6.45) is 4.44. The second-order valence-electron chi connectivity index (χ2n) is 6.42. The Bertz CT molecular complexity index is 765. The van der Waals surface area contributed by atoms with E-state index in [-0.39, 0.29) is 17.9 Å². The van der Waals surface area contributed by atoms with Gasteiger partial charge in [0.1, 0.15) is 5.75 Å². The second kappa shape index (κ2) is 8.52. The van der Waals surface area contributed by atoms with Crippen molar-refractivity contribution in [3.8, 4) is 5.75 Å². The molecular weight excluding hydrogens is 328 g/mol. The van der Waals surface area contributed by atoms with Crippen LogP contribution in [-0.2, 0) is 0 Å². The van der Waals surface area contributed by atoms with Crippen molar-refractivity contribution >= 4 is 17.5 Å². The zero-order valence-corrected chi connectivity index (χ0v) is 15.0. The van der Waals surface area contributed by atoms with Crippen LogP contribution in [0.2, 0.25) is 0 Å². The summed E-state index contributed by atoms with van der Waals surface area (Å²) in [4.78, 5) is 24.7. The minimum Gasteiger partial charge on any atom is -0.492 e. The van der Waals surface area contributed by atoms with E-state index in [1.807, 2.05) is 25.1 Å². The number of ether oxygens (including phenoxy) is 1. The van der Waals surface area contributed by atoms with Crippen LogP contribution in [0.1, 0.15) is 53.3 Å². The second-order valence-corrected chi connectivity index (χ2v) is 6.42. The van der Waals surface area contributed by atoms with Crippen LogP contribution in [0, 0.1) is 0 Å². The van der Waals surface area contributed by atoms with Crippen molar-refractivity contribution in [1.82, 2.24) is 5.32 Å². The average Bonchev–Trinajstić information content (AvgIpc) is 3.16. The number of nitrogens with one attached hydrogen (secondary N) is 2. The van der Waals surface area contributed by atoms with Gasteiger partial charge in [0, 0.05) is 17.2 Å². The summed E-state index contributed by atoms with van der Waals surface area (Å²) in [5, 5.41) is 5.90. The van der Waals surface area contributed by atoms with E-state index < -0.39 is 0 Å².